The van der Waals surface area contributed by atoms with Crippen molar-refractivity contribution in [3.8, 4) is 0 Å². The molecule has 1 aliphatic carbocycles. The van der Waals surface area contributed by atoms with Crippen molar-refractivity contribution < 1.29 is 13.8 Å². The number of amides is 2. The van der Waals surface area contributed by atoms with Crippen molar-refractivity contribution in [2.75, 3.05) is 12.0 Å². The fraction of sp³-hybridized carbons (Fsp3) is 0.857. The minimum Gasteiger partial charge on any atom is -0.340 e. The SMILES string of the molecule is CCC1C(=O)NC(C)(C2CC2)C(=O)N1C(C)CS(C)=O. The van der Waals surface area contributed by atoms with Crippen molar-refractivity contribution in [2.45, 2.75) is 57.7 Å². The third-order valence-corrected chi connectivity index (χ3v) is 5.38. The van der Waals surface area contributed by atoms with Crippen LogP contribution >= 0.6 is 0 Å². The van der Waals surface area contributed by atoms with E-state index in [0.717, 1.165) is 12.8 Å². The quantitative estimate of drug-likeness (QED) is 0.811. The Balaban J connectivity index is 2.29. The molecule has 2 fully saturated rings. The van der Waals surface area contributed by atoms with Gasteiger partial charge in [-0.05, 0) is 39.0 Å². The van der Waals surface area contributed by atoms with Gasteiger partial charge in [-0.15, -0.1) is 0 Å². The summed E-state index contributed by atoms with van der Waals surface area (Å²) in [4.78, 5) is 26.9. The molecule has 6 heteroatoms. The fourth-order valence-corrected chi connectivity index (χ4v) is 4.02. The van der Waals surface area contributed by atoms with Crippen LogP contribution in [-0.2, 0) is 20.4 Å². The molecule has 2 amide bonds. The van der Waals surface area contributed by atoms with E-state index < -0.39 is 22.4 Å². The van der Waals surface area contributed by atoms with Crippen LogP contribution in [0.4, 0.5) is 0 Å². The van der Waals surface area contributed by atoms with E-state index in [1.54, 1.807) is 11.2 Å². The Hall–Kier alpha value is -0.910. The highest BCUT2D eigenvalue weighted by molar-refractivity contribution is 7.84. The van der Waals surface area contributed by atoms with Gasteiger partial charge in [0, 0.05) is 28.9 Å². The third kappa shape index (κ3) is 2.62. The topological polar surface area (TPSA) is 66.5 Å². The van der Waals surface area contributed by atoms with Gasteiger partial charge in [-0.3, -0.25) is 13.8 Å². The predicted octanol–water partition coefficient (Wildman–Crippen LogP) is 0.659. The minimum atomic E-state index is -0.986. The second-order valence-corrected chi connectivity index (χ2v) is 7.67. The summed E-state index contributed by atoms with van der Waals surface area (Å²) in [6.07, 6.45) is 4.19. The maximum atomic E-state index is 12.9. The van der Waals surface area contributed by atoms with Gasteiger partial charge < -0.3 is 10.2 Å². The van der Waals surface area contributed by atoms with E-state index in [1.807, 2.05) is 20.8 Å². The summed E-state index contributed by atoms with van der Waals surface area (Å²) in [5, 5.41) is 2.94. The van der Waals surface area contributed by atoms with Crippen LogP contribution in [0.1, 0.15) is 40.0 Å². The van der Waals surface area contributed by atoms with Crippen LogP contribution < -0.4 is 5.32 Å². The molecular weight excluding hydrogens is 276 g/mol. The van der Waals surface area contributed by atoms with Crippen molar-refractivity contribution in [3.63, 3.8) is 0 Å². The number of piperazine rings is 1. The highest BCUT2D eigenvalue weighted by atomic mass is 32.2. The monoisotopic (exact) mass is 300 g/mol. The maximum absolute atomic E-state index is 12.9. The molecule has 2 aliphatic rings. The second-order valence-electron chi connectivity index (χ2n) is 6.19. The Kier molecular flexibility index (Phi) is 4.23. The van der Waals surface area contributed by atoms with Gasteiger partial charge in [0.1, 0.15) is 11.6 Å². The minimum absolute atomic E-state index is 0.00981. The van der Waals surface area contributed by atoms with Crippen LogP contribution in [-0.4, -0.2) is 50.6 Å². The molecule has 20 heavy (non-hydrogen) atoms. The molecule has 0 aromatic rings. The Morgan fingerprint density at radius 1 is 1.45 bits per heavy atom. The zero-order valence-electron chi connectivity index (χ0n) is 12.6. The lowest BCUT2D eigenvalue weighted by atomic mass is 9.88. The predicted molar refractivity (Wildman–Crippen MR) is 78.6 cm³/mol. The van der Waals surface area contributed by atoms with E-state index in [2.05, 4.69) is 5.32 Å². The van der Waals surface area contributed by atoms with Crippen molar-refractivity contribution in [3.05, 3.63) is 0 Å². The Bertz CT molecular complexity index is 450. The summed E-state index contributed by atoms with van der Waals surface area (Å²) in [7, 11) is -0.986. The number of hydrogen-bond donors (Lipinski definition) is 1. The zero-order valence-corrected chi connectivity index (χ0v) is 13.5. The first-order valence-electron chi connectivity index (χ1n) is 7.26. The first-order chi connectivity index (χ1) is 9.31. The van der Waals surface area contributed by atoms with Crippen LogP contribution in [0.2, 0.25) is 0 Å². The maximum Gasteiger partial charge on any atom is 0.249 e. The second kappa shape index (κ2) is 5.47. The molecule has 0 aromatic heterocycles. The molecular formula is C14H24N2O3S. The standard InChI is InChI=1S/C14H24N2O3S/c1-5-11-12(17)15-14(3,10-6-7-10)13(18)16(11)9(2)8-20(4)19/h9-11H,5-8H2,1-4H3,(H,15,17). The Morgan fingerprint density at radius 3 is 2.50 bits per heavy atom. The lowest BCUT2D eigenvalue weighted by Gasteiger charge is -2.47. The van der Waals surface area contributed by atoms with Gasteiger partial charge in [0.05, 0.1) is 0 Å². The average molecular weight is 300 g/mol. The number of rotatable bonds is 5. The first kappa shape index (κ1) is 15.5. The van der Waals surface area contributed by atoms with Crippen LogP contribution in [0, 0.1) is 5.92 Å². The molecule has 5 nitrogen and oxygen atoms in total. The van der Waals surface area contributed by atoms with Gasteiger partial charge in [0.25, 0.3) is 0 Å². The van der Waals surface area contributed by atoms with Crippen molar-refractivity contribution >= 4 is 22.6 Å². The van der Waals surface area contributed by atoms with E-state index in [1.165, 1.54) is 0 Å². The summed E-state index contributed by atoms with van der Waals surface area (Å²) in [6.45, 7) is 5.62. The van der Waals surface area contributed by atoms with E-state index in [9.17, 15) is 13.8 Å². The summed E-state index contributed by atoms with van der Waals surface area (Å²) in [5.74, 6) is 0.578. The van der Waals surface area contributed by atoms with Crippen LogP contribution in [0.15, 0.2) is 0 Å². The number of carbonyl (C=O) groups excluding carboxylic acids is 2. The molecule has 1 saturated heterocycles. The van der Waals surface area contributed by atoms with Gasteiger partial charge in [-0.1, -0.05) is 6.92 Å². The van der Waals surface area contributed by atoms with E-state index in [-0.39, 0.29) is 23.8 Å². The molecule has 1 N–H and O–H groups in total. The molecule has 0 spiro atoms. The lowest BCUT2D eigenvalue weighted by Crippen LogP contribution is -2.71. The van der Waals surface area contributed by atoms with Crippen molar-refractivity contribution in [2.24, 2.45) is 5.92 Å². The number of hydrogen-bond acceptors (Lipinski definition) is 3. The largest absolute Gasteiger partial charge is 0.340 e. The lowest BCUT2D eigenvalue weighted by molar-refractivity contribution is -0.157. The highest BCUT2D eigenvalue weighted by Gasteiger charge is 2.55. The summed E-state index contributed by atoms with van der Waals surface area (Å²) < 4.78 is 11.5. The van der Waals surface area contributed by atoms with Crippen LogP contribution in [0.5, 0.6) is 0 Å². The molecule has 114 valence electrons. The van der Waals surface area contributed by atoms with E-state index in [0.29, 0.717) is 12.2 Å². The van der Waals surface area contributed by atoms with Gasteiger partial charge in [-0.2, -0.15) is 0 Å². The Labute approximate surface area is 122 Å². The number of nitrogens with one attached hydrogen (secondary N) is 1. The van der Waals surface area contributed by atoms with Gasteiger partial charge in [0.2, 0.25) is 11.8 Å². The number of nitrogens with zero attached hydrogens (tertiary/aromatic N) is 1. The third-order valence-electron chi connectivity index (χ3n) is 4.43. The van der Waals surface area contributed by atoms with Crippen molar-refractivity contribution in [1.82, 2.24) is 10.2 Å². The zero-order chi connectivity index (χ0) is 15.1. The molecule has 0 aromatic carbocycles. The smallest absolute Gasteiger partial charge is 0.249 e. The molecule has 0 bridgehead atoms. The average Bonchev–Trinajstić information content (AvgIpc) is 3.16. The molecule has 1 heterocycles. The normalized spacial score (nSPS) is 33.8. The van der Waals surface area contributed by atoms with Gasteiger partial charge in [-0.25, -0.2) is 0 Å². The summed E-state index contributed by atoms with van der Waals surface area (Å²) in [6, 6.07) is -0.615. The van der Waals surface area contributed by atoms with Gasteiger partial charge >= 0.3 is 0 Å². The fourth-order valence-electron chi connectivity index (χ4n) is 3.18. The highest BCUT2D eigenvalue weighted by Crippen LogP contribution is 2.42. The molecule has 1 saturated carbocycles. The Morgan fingerprint density at radius 2 is 2.05 bits per heavy atom. The van der Waals surface area contributed by atoms with Crippen LogP contribution in [0.25, 0.3) is 0 Å². The van der Waals surface area contributed by atoms with Crippen LogP contribution in [0.3, 0.4) is 0 Å². The van der Waals surface area contributed by atoms with E-state index in [4.69, 9.17) is 0 Å². The molecule has 4 unspecified atom stereocenters. The molecule has 4 atom stereocenters. The molecule has 1 aliphatic heterocycles. The number of carbonyl (C=O) groups is 2. The summed E-state index contributed by atoms with van der Waals surface area (Å²) >= 11 is 0. The molecule has 2 rings (SSSR count). The molecule has 0 radical (unpaired) electrons. The first-order valence-corrected chi connectivity index (χ1v) is 8.98. The van der Waals surface area contributed by atoms with Crippen molar-refractivity contribution in [1.29, 1.82) is 0 Å². The van der Waals surface area contributed by atoms with Gasteiger partial charge in [0.15, 0.2) is 0 Å². The van der Waals surface area contributed by atoms with E-state index >= 15 is 0 Å². The summed E-state index contributed by atoms with van der Waals surface area (Å²) in [5.41, 5.74) is -0.772.